The van der Waals surface area contributed by atoms with Crippen LogP contribution in [0, 0.1) is 5.82 Å². The van der Waals surface area contributed by atoms with Gasteiger partial charge >= 0.3 is 0 Å². The number of aromatic nitrogens is 1. The third-order valence-electron chi connectivity index (χ3n) is 2.98. The second kappa shape index (κ2) is 6.41. The second-order valence-corrected chi connectivity index (χ2v) is 4.46. The third kappa shape index (κ3) is 3.84. The lowest BCUT2D eigenvalue weighted by atomic mass is 10.1. The van der Waals surface area contributed by atoms with Gasteiger partial charge in [-0.3, -0.25) is 4.98 Å². The van der Waals surface area contributed by atoms with E-state index in [1.54, 1.807) is 18.3 Å². The summed E-state index contributed by atoms with van der Waals surface area (Å²) in [6.07, 6.45) is 0.998. The van der Waals surface area contributed by atoms with Crippen LogP contribution < -0.4 is 5.32 Å². The number of hydrogen-bond acceptors (Lipinski definition) is 3. The predicted octanol–water partition coefficient (Wildman–Crippen LogP) is 2.60. The van der Waals surface area contributed by atoms with Crippen LogP contribution in [0.1, 0.15) is 30.3 Å². The standard InChI is InChI=1S/C15H17FN2O/c1-11(14-7-2-3-8-17-14)18-10-15(19)12-5-4-6-13(16)9-12/h2-9,11,15,18-19H,10H2,1H3/t11-,15?/m1/s1. The van der Waals surface area contributed by atoms with Crippen LogP contribution in [-0.4, -0.2) is 16.6 Å². The molecule has 0 saturated carbocycles. The molecule has 19 heavy (non-hydrogen) atoms. The van der Waals surface area contributed by atoms with Crippen molar-refractivity contribution in [3.63, 3.8) is 0 Å². The molecule has 0 amide bonds. The van der Waals surface area contributed by atoms with Crippen molar-refractivity contribution in [1.82, 2.24) is 10.3 Å². The predicted molar refractivity (Wildman–Crippen MR) is 72.0 cm³/mol. The first-order valence-electron chi connectivity index (χ1n) is 6.24. The smallest absolute Gasteiger partial charge is 0.123 e. The number of rotatable bonds is 5. The van der Waals surface area contributed by atoms with Gasteiger partial charge in [-0.1, -0.05) is 18.2 Å². The molecule has 1 aromatic heterocycles. The van der Waals surface area contributed by atoms with Gasteiger partial charge in [0.1, 0.15) is 5.82 Å². The summed E-state index contributed by atoms with van der Waals surface area (Å²) in [7, 11) is 0. The zero-order valence-electron chi connectivity index (χ0n) is 10.8. The minimum Gasteiger partial charge on any atom is -0.387 e. The summed E-state index contributed by atoms with van der Waals surface area (Å²) in [5, 5.41) is 13.2. The van der Waals surface area contributed by atoms with Crippen molar-refractivity contribution < 1.29 is 9.50 Å². The Kier molecular flexibility index (Phi) is 4.60. The molecule has 4 heteroatoms. The second-order valence-electron chi connectivity index (χ2n) is 4.46. The minimum atomic E-state index is -0.734. The van der Waals surface area contributed by atoms with Crippen molar-refractivity contribution in [1.29, 1.82) is 0 Å². The van der Waals surface area contributed by atoms with E-state index < -0.39 is 6.10 Å². The molecule has 100 valence electrons. The molecule has 0 aliphatic heterocycles. The largest absolute Gasteiger partial charge is 0.387 e. The van der Waals surface area contributed by atoms with Gasteiger partial charge < -0.3 is 10.4 Å². The average Bonchev–Trinajstić information content (AvgIpc) is 2.45. The zero-order valence-corrected chi connectivity index (χ0v) is 10.8. The van der Waals surface area contributed by atoms with Crippen molar-refractivity contribution in [2.75, 3.05) is 6.54 Å². The molecule has 2 rings (SSSR count). The summed E-state index contributed by atoms with van der Waals surface area (Å²) in [5.74, 6) is -0.339. The summed E-state index contributed by atoms with van der Waals surface area (Å²) in [5.41, 5.74) is 1.48. The molecule has 1 heterocycles. The first-order chi connectivity index (χ1) is 9.16. The van der Waals surface area contributed by atoms with Crippen molar-refractivity contribution >= 4 is 0 Å². The quantitative estimate of drug-likeness (QED) is 0.868. The average molecular weight is 260 g/mol. The maximum Gasteiger partial charge on any atom is 0.123 e. The number of nitrogens with zero attached hydrogens (tertiary/aromatic N) is 1. The third-order valence-corrected chi connectivity index (χ3v) is 2.98. The summed E-state index contributed by atoms with van der Waals surface area (Å²) in [4.78, 5) is 4.24. The maximum atomic E-state index is 13.0. The van der Waals surface area contributed by atoms with Crippen molar-refractivity contribution in [2.24, 2.45) is 0 Å². The van der Waals surface area contributed by atoms with Gasteiger partial charge in [0, 0.05) is 18.8 Å². The molecular formula is C15H17FN2O. The van der Waals surface area contributed by atoms with Crippen LogP contribution in [-0.2, 0) is 0 Å². The van der Waals surface area contributed by atoms with Gasteiger partial charge in [-0.25, -0.2) is 4.39 Å². The van der Waals surface area contributed by atoms with Gasteiger partial charge in [0.05, 0.1) is 11.8 Å². The van der Waals surface area contributed by atoms with Crippen LogP contribution in [0.25, 0.3) is 0 Å². The Morgan fingerprint density at radius 3 is 2.79 bits per heavy atom. The molecule has 0 aliphatic rings. The fourth-order valence-corrected chi connectivity index (χ4v) is 1.86. The van der Waals surface area contributed by atoms with Crippen molar-refractivity contribution in [3.8, 4) is 0 Å². The van der Waals surface area contributed by atoms with Crippen LogP contribution in [0.3, 0.4) is 0 Å². The first-order valence-corrected chi connectivity index (χ1v) is 6.24. The molecule has 2 N–H and O–H groups in total. The van der Waals surface area contributed by atoms with E-state index in [1.165, 1.54) is 12.1 Å². The molecule has 0 bridgehead atoms. The molecule has 0 aliphatic carbocycles. The van der Waals surface area contributed by atoms with E-state index in [2.05, 4.69) is 10.3 Å². The van der Waals surface area contributed by atoms with Crippen LogP contribution in [0.5, 0.6) is 0 Å². The van der Waals surface area contributed by atoms with E-state index in [1.807, 2.05) is 25.1 Å². The SMILES string of the molecule is C[C@@H](NCC(O)c1cccc(F)c1)c1ccccn1. The topological polar surface area (TPSA) is 45.1 Å². The van der Waals surface area contributed by atoms with E-state index in [-0.39, 0.29) is 11.9 Å². The molecule has 0 spiro atoms. The van der Waals surface area contributed by atoms with E-state index in [0.717, 1.165) is 5.69 Å². The zero-order chi connectivity index (χ0) is 13.7. The monoisotopic (exact) mass is 260 g/mol. The van der Waals surface area contributed by atoms with Gasteiger partial charge in [-0.2, -0.15) is 0 Å². The van der Waals surface area contributed by atoms with Gasteiger partial charge in [0.15, 0.2) is 0 Å². The fraction of sp³-hybridized carbons (Fsp3) is 0.267. The highest BCUT2D eigenvalue weighted by molar-refractivity contribution is 5.19. The maximum absolute atomic E-state index is 13.0. The Hall–Kier alpha value is -1.78. The lowest BCUT2D eigenvalue weighted by Crippen LogP contribution is -2.25. The van der Waals surface area contributed by atoms with E-state index in [0.29, 0.717) is 12.1 Å². The molecule has 2 atom stereocenters. The number of pyridine rings is 1. The number of benzene rings is 1. The number of nitrogens with one attached hydrogen (secondary N) is 1. The van der Waals surface area contributed by atoms with Gasteiger partial charge in [-0.15, -0.1) is 0 Å². The Balaban J connectivity index is 1.92. The number of aliphatic hydroxyl groups is 1. The number of hydrogen-bond donors (Lipinski definition) is 2. The molecule has 0 fully saturated rings. The highest BCUT2D eigenvalue weighted by Gasteiger charge is 2.11. The number of aliphatic hydroxyl groups excluding tert-OH is 1. The minimum absolute atomic E-state index is 0.0319. The van der Waals surface area contributed by atoms with Crippen LogP contribution in [0.15, 0.2) is 48.7 Å². The van der Waals surface area contributed by atoms with Gasteiger partial charge in [0.25, 0.3) is 0 Å². The summed E-state index contributed by atoms with van der Waals surface area (Å²) in [6.45, 7) is 2.32. The Bertz CT molecular complexity index is 519. The molecule has 3 nitrogen and oxygen atoms in total. The van der Waals surface area contributed by atoms with Crippen LogP contribution in [0.4, 0.5) is 4.39 Å². The Labute approximate surface area is 112 Å². The summed E-state index contributed by atoms with van der Waals surface area (Å²) < 4.78 is 13.0. The lowest BCUT2D eigenvalue weighted by molar-refractivity contribution is 0.170. The van der Waals surface area contributed by atoms with E-state index in [9.17, 15) is 9.50 Å². The van der Waals surface area contributed by atoms with Crippen LogP contribution in [0.2, 0.25) is 0 Å². The molecule has 0 saturated heterocycles. The van der Waals surface area contributed by atoms with E-state index >= 15 is 0 Å². The summed E-state index contributed by atoms with van der Waals surface area (Å²) in [6, 6.07) is 11.7. The highest BCUT2D eigenvalue weighted by Crippen LogP contribution is 2.15. The Morgan fingerprint density at radius 1 is 1.26 bits per heavy atom. The molecule has 1 unspecified atom stereocenters. The fourth-order valence-electron chi connectivity index (χ4n) is 1.86. The number of halogens is 1. The van der Waals surface area contributed by atoms with E-state index in [4.69, 9.17) is 0 Å². The Morgan fingerprint density at radius 2 is 2.11 bits per heavy atom. The molecule has 2 aromatic rings. The van der Waals surface area contributed by atoms with Gasteiger partial charge in [-0.05, 0) is 36.8 Å². The first kappa shape index (κ1) is 13.6. The van der Waals surface area contributed by atoms with Crippen LogP contribution >= 0.6 is 0 Å². The van der Waals surface area contributed by atoms with Gasteiger partial charge in [0.2, 0.25) is 0 Å². The highest BCUT2D eigenvalue weighted by atomic mass is 19.1. The normalized spacial score (nSPS) is 14.1. The molecule has 0 radical (unpaired) electrons. The van der Waals surface area contributed by atoms with Crippen molar-refractivity contribution in [2.45, 2.75) is 19.1 Å². The lowest BCUT2D eigenvalue weighted by Gasteiger charge is -2.17. The molecule has 1 aromatic carbocycles. The molecular weight excluding hydrogens is 243 g/mol. The summed E-state index contributed by atoms with van der Waals surface area (Å²) >= 11 is 0. The van der Waals surface area contributed by atoms with Crippen molar-refractivity contribution in [3.05, 3.63) is 65.7 Å².